The van der Waals surface area contributed by atoms with Gasteiger partial charge in [-0.2, -0.15) is 0 Å². The van der Waals surface area contributed by atoms with Crippen molar-refractivity contribution in [1.82, 2.24) is 15.2 Å². The number of hydrogen-bond donors (Lipinski definition) is 1. The number of pyridine rings is 1. The summed E-state index contributed by atoms with van der Waals surface area (Å²) in [7, 11) is 1.22. The minimum Gasteiger partial charge on any atom is -0.437 e. The van der Waals surface area contributed by atoms with E-state index in [1.165, 1.54) is 19.4 Å². The Morgan fingerprint density at radius 2 is 1.77 bits per heavy atom. The van der Waals surface area contributed by atoms with Crippen LogP contribution in [0.4, 0.5) is 9.59 Å². The summed E-state index contributed by atoms with van der Waals surface area (Å²) in [5, 5.41) is 2.38. The number of amides is 3. The minimum atomic E-state index is -0.888. The second-order valence-corrected chi connectivity index (χ2v) is 9.95. The molecule has 9 heteroatoms. The summed E-state index contributed by atoms with van der Waals surface area (Å²) in [6.07, 6.45) is 2.22. The molecule has 3 amide bonds. The number of nitrogens with zero attached hydrogens (tertiary/aromatic N) is 2. The van der Waals surface area contributed by atoms with E-state index in [2.05, 4.69) is 22.1 Å². The predicted octanol–water partition coefficient (Wildman–Crippen LogP) is 4.56. The monoisotopic (exact) mass is 529 g/mol. The Bertz CT molecular complexity index is 1390. The van der Waals surface area contributed by atoms with Crippen LogP contribution in [-0.4, -0.2) is 54.0 Å². The molecule has 1 aliphatic carbocycles. The number of urea groups is 1. The van der Waals surface area contributed by atoms with E-state index >= 15 is 0 Å². The van der Waals surface area contributed by atoms with Crippen molar-refractivity contribution in [2.24, 2.45) is 5.41 Å². The van der Waals surface area contributed by atoms with Gasteiger partial charge in [-0.1, -0.05) is 12.0 Å². The number of nitrogens with one attached hydrogen (secondary N) is 1. The Morgan fingerprint density at radius 1 is 1.08 bits per heavy atom. The van der Waals surface area contributed by atoms with Crippen LogP contribution in [0.5, 0.6) is 0 Å². The number of rotatable bonds is 3. The molecule has 2 heterocycles. The molecular weight excluding hydrogens is 498 g/mol. The van der Waals surface area contributed by atoms with Gasteiger partial charge in [0.1, 0.15) is 11.5 Å². The molecular formula is C30H31N3O6. The van der Waals surface area contributed by atoms with Crippen LogP contribution in [0.1, 0.15) is 65.3 Å². The maximum atomic E-state index is 13.7. The number of methoxy groups -OCH3 is 1. The fraction of sp³-hybridized carbons (Fsp3) is 0.367. The molecule has 0 atom stereocenters. The maximum Gasteiger partial charge on any atom is 0.513 e. The van der Waals surface area contributed by atoms with E-state index in [1.807, 2.05) is 26.0 Å². The quantitative estimate of drug-likeness (QED) is 0.458. The summed E-state index contributed by atoms with van der Waals surface area (Å²) in [5.41, 5.74) is 3.36. The molecule has 9 nitrogen and oxygen atoms in total. The van der Waals surface area contributed by atoms with E-state index in [9.17, 15) is 19.2 Å². The first-order valence-corrected chi connectivity index (χ1v) is 12.7. The van der Waals surface area contributed by atoms with Crippen LogP contribution in [0.2, 0.25) is 0 Å². The third-order valence-corrected chi connectivity index (χ3v) is 7.28. The minimum absolute atomic E-state index is 0.121. The lowest BCUT2D eigenvalue weighted by Gasteiger charge is -2.44. The van der Waals surface area contributed by atoms with Crippen LogP contribution in [0.15, 0.2) is 42.3 Å². The van der Waals surface area contributed by atoms with Crippen LogP contribution in [0.25, 0.3) is 5.57 Å². The molecule has 4 rings (SSSR count). The van der Waals surface area contributed by atoms with Crippen molar-refractivity contribution in [1.29, 1.82) is 0 Å². The van der Waals surface area contributed by atoms with Gasteiger partial charge in [-0.3, -0.25) is 19.9 Å². The highest BCUT2D eigenvalue weighted by Crippen LogP contribution is 2.48. The zero-order valence-corrected chi connectivity index (χ0v) is 22.6. The zero-order chi connectivity index (χ0) is 28.2. The number of ketones is 1. The van der Waals surface area contributed by atoms with E-state index in [0.717, 1.165) is 22.3 Å². The van der Waals surface area contributed by atoms with Gasteiger partial charge in [0.05, 0.1) is 12.7 Å². The second-order valence-electron chi connectivity index (χ2n) is 9.95. The molecule has 1 saturated heterocycles. The van der Waals surface area contributed by atoms with Gasteiger partial charge in [-0.25, -0.2) is 9.59 Å². The fourth-order valence-corrected chi connectivity index (χ4v) is 5.43. The first-order valence-electron chi connectivity index (χ1n) is 12.7. The third-order valence-electron chi connectivity index (χ3n) is 7.28. The van der Waals surface area contributed by atoms with Crippen molar-refractivity contribution < 1.29 is 28.7 Å². The Labute approximate surface area is 227 Å². The molecule has 0 radical (unpaired) electrons. The number of ether oxygens (including phenoxy) is 2. The molecule has 39 heavy (non-hydrogen) atoms. The molecule has 2 aromatic rings. The van der Waals surface area contributed by atoms with Crippen LogP contribution >= 0.6 is 0 Å². The van der Waals surface area contributed by atoms with Gasteiger partial charge >= 0.3 is 12.2 Å². The molecule has 202 valence electrons. The number of hydrogen-bond acceptors (Lipinski definition) is 7. The fourth-order valence-electron chi connectivity index (χ4n) is 5.43. The molecule has 0 saturated carbocycles. The van der Waals surface area contributed by atoms with Crippen molar-refractivity contribution in [3.63, 3.8) is 0 Å². The lowest BCUT2D eigenvalue weighted by molar-refractivity contribution is -0.117. The highest BCUT2D eigenvalue weighted by molar-refractivity contribution is 6.23. The third kappa shape index (κ3) is 6.01. The molecule has 1 spiro atoms. The standard InChI is InChI=1S/C30H31N3O6/c1-5-8-21-15-19(2)25(20(3)16-21)26-23(34)17-30(18-24(26)39-29(37)38-4)10-13-33(14-11-30)28(36)32-27(35)22-9-6-7-12-31-22/h6-7,9,12,15-16H,10-11,13-14,17-18H2,1-4H3,(H,32,35,36). The SMILES string of the molecule is CC#Cc1cc(C)c(C2=C(OC(=O)OC)CC3(CCN(C(=O)NC(=O)c4ccccn4)CC3)CC2=O)c(C)c1. The lowest BCUT2D eigenvalue weighted by atomic mass is 9.66. The van der Waals surface area contributed by atoms with Gasteiger partial charge in [-0.15, -0.1) is 5.92 Å². The van der Waals surface area contributed by atoms with Gasteiger partial charge in [-0.05, 0) is 80.0 Å². The number of Topliss-reactive ketones (excluding diaryl/α,β-unsaturated/α-hetero) is 1. The molecule has 0 bridgehead atoms. The van der Waals surface area contributed by atoms with E-state index in [4.69, 9.17) is 9.47 Å². The van der Waals surface area contributed by atoms with Crippen molar-refractivity contribution in [2.75, 3.05) is 20.2 Å². The largest absolute Gasteiger partial charge is 0.513 e. The number of aryl methyl sites for hydroxylation is 2. The van der Waals surface area contributed by atoms with Gasteiger partial charge in [0.15, 0.2) is 5.78 Å². The zero-order valence-electron chi connectivity index (χ0n) is 22.6. The van der Waals surface area contributed by atoms with E-state index in [0.29, 0.717) is 37.9 Å². The Hall–Kier alpha value is -4.45. The van der Waals surface area contributed by atoms with Crippen molar-refractivity contribution in [3.8, 4) is 11.8 Å². The highest BCUT2D eigenvalue weighted by atomic mass is 16.7. The number of carbonyl (C=O) groups is 4. The van der Waals surface area contributed by atoms with Crippen LogP contribution < -0.4 is 5.32 Å². The molecule has 1 aliphatic heterocycles. The van der Waals surface area contributed by atoms with Crippen molar-refractivity contribution >= 4 is 29.5 Å². The topological polar surface area (TPSA) is 115 Å². The van der Waals surface area contributed by atoms with Gasteiger partial charge in [0, 0.05) is 37.7 Å². The molecule has 1 aromatic heterocycles. The summed E-state index contributed by atoms with van der Waals surface area (Å²) in [4.78, 5) is 56.5. The van der Waals surface area contributed by atoms with E-state index in [-0.39, 0.29) is 23.7 Å². The normalized spacial score (nSPS) is 16.3. The van der Waals surface area contributed by atoms with E-state index < -0.39 is 23.5 Å². The molecule has 0 unspecified atom stereocenters. The summed E-state index contributed by atoms with van der Waals surface area (Å²) in [6, 6.07) is 8.22. The molecule has 1 fully saturated rings. The average Bonchev–Trinajstić information content (AvgIpc) is 2.90. The molecule has 2 aliphatic rings. The molecule has 1 aromatic carbocycles. The Morgan fingerprint density at radius 3 is 2.36 bits per heavy atom. The number of imide groups is 1. The number of piperidine rings is 1. The van der Waals surface area contributed by atoms with Crippen molar-refractivity contribution in [3.05, 3.63) is 70.2 Å². The highest BCUT2D eigenvalue weighted by Gasteiger charge is 2.45. The summed E-state index contributed by atoms with van der Waals surface area (Å²) in [5.74, 6) is 5.52. The predicted molar refractivity (Wildman–Crippen MR) is 143 cm³/mol. The Balaban J connectivity index is 1.56. The number of carbonyl (C=O) groups excluding carboxylic acids is 4. The van der Waals surface area contributed by atoms with Gasteiger partial charge in [0.2, 0.25) is 0 Å². The molecule has 1 N–H and O–H groups in total. The summed E-state index contributed by atoms with van der Waals surface area (Å²) < 4.78 is 10.4. The number of aromatic nitrogens is 1. The second kappa shape index (κ2) is 11.5. The number of likely N-dealkylation sites (tertiary alicyclic amines) is 1. The van der Waals surface area contributed by atoms with Gasteiger partial charge < -0.3 is 14.4 Å². The first-order chi connectivity index (χ1) is 18.7. The lowest BCUT2D eigenvalue weighted by Crippen LogP contribution is -2.50. The van der Waals surface area contributed by atoms with Crippen molar-refractivity contribution in [2.45, 2.75) is 46.5 Å². The summed E-state index contributed by atoms with van der Waals surface area (Å²) >= 11 is 0. The smallest absolute Gasteiger partial charge is 0.437 e. The van der Waals surface area contributed by atoms with Crippen LogP contribution in [0, 0.1) is 31.1 Å². The van der Waals surface area contributed by atoms with Crippen LogP contribution in [-0.2, 0) is 14.3 Å². The van der Waals surface area contributed by atoms with Crippen LogP contribution in [0.3, 0.4) is 0 Å². The number of benzene rings is 1. The Kier molecular flexibility index (Phi) is 8.15. The van der Waals surface area contributed by atoms with Gasteiger partial charge in [0.25, 0.3) is 5.91 Å². The van der Waals surface area contributed by atoms with E-state index in [1.54, 1.807) is 24.0 Å². The average molecular weight is 530 g/mol. The summed E-state index contributed by atoms with van der Waals surface area (Å²) in [6.45, 7) is 6.27. The first kappa shape index (κ1) is 27.6. The maximum absolute atomic E-state index is 13.7. The number of allylic oxidation sites excluding steroid dienone is 2.